The van der Waals surface area contributed by atoms with Crippen LogP contribution < -0.4 is 5.32 Å². The predicted molar refractivity (Wildman–Crippen MR) is 84.5 cm³/mol. The van der Waals surface area contributed by atoms with E-state index in [1.165, 1.54) is 16.6 Å². The third-order valence-electron chi connectivity index (χ3n) is 3.09. The van der Waals surface area contributed by atoms with Gasteiger partial charge in [-0.05, 0) is 20.3 Å². The van der Waals surface area contributed by atoms with Gasteiger partial charge >= 0.3 is 0 Å². The average molecular weight is 325 g/mol. The van der Waals surface area contributed by atoms with Crippen LogP contribution in [0, 0.1) is 13.8 Å². The van der Waals surface area contributed by atoms with Crippen LogP contribution in [0.25, 0.3) is 0 Å². The lowest BCUT2D eigenvalue weighted by Crippen LogP contribution is -2.29. The van der Waals surface area contributed by atoms with Crippen LogP contribution in [0.2, 0.25) is 0 Å². The van der Waals surface area contributed by atoms with Crippen molar-refractivity contribution in [3.63, 3.8) is 0 Å². The van der Waals surface area contributed by atoms with Gasteiger partial charge in [-0.25, -0.2) is 4.98 Å². The molecule has 21 heavy (non-hydrogen) atoms. The molecule has 2 rings (SSSR count). The lowest BCUT2D eigenvalue weighted by Gasteiger charge is -2.14. The number of aromatic nitrogens is 4. The van der Waals surface area contributed by atoms with Crippen LogP contribution in [0.4, 0.5) is 0 Å². The largest absolute Gasteiger partial charge is 0.346 e. The van der Waals surface area contributed by atoms with Gasteiger partial charge in [0.2, 0.25) is 5.91 Å². The minimum absolute atomic E-state index is 0.0136. The minimum atomic E-state index is -0.0185. The number of carbonyl (C=O) groups excluding carboxylic acids is 1. The summed E-state index contributed by atoms with van der Waals surface area (Å²) in [5.41, 5.74) is 1.04. The van der Waals surface area contributed by atoms with E-state index in [1.807, 2.05) is 20.9 Å². The Balaban J connectivity index is 1.92. The summed E-state index contributed by atoms with van der Waals surface area (Å²) in [6, 6.07) is -0.0185. The van der Waals surface area contributed by atoms with Gasteiger partial charge in [-0.1, -0.05) is 18.7 Å². The molecule has 0 unspecified atom stereocenters. The van der Waals surface area contributed by atoms with Crippen LogP contribution in [0.15, 0.2) is 11.5 Å². The monoisotopic (exact) mass is 325 g/mol. The van der Waals surface area contributed by atoms with E-state index < -0.39 is 0 Å². The van der Waals surface area contributed by atoms with Crippen molar-refractivity contribution in [3.8, 4) is 0 Å². The summed E-state index contributed by atoms with van der Waals surface area (Å²) in [6.45, 7) is 6.09. The number of thiazole rings is 1. The fourth-order valence-corrected chi connectivity index (χ4v) is 3.51. The van der Waals surface area contributed by atoms with E-state index in [9.17, 15) is 4.79 Å². The Kier molecular flexibility index (Phi) is 5.35. The van der Waals surface area contributed by atoms with Gasteiger partial charge < -0.3 is 9.88 Å². The number of nitrogens with zero attached hydrogens (tertiary/aromatic N) is 4. The van der Waals surface area contributed by atoms with Crippen LogP contribution in [0.3, 0.4) is 0 Å². The first kappa shape index (κ1) is 16.0. The summed E-state index contributed by atoms with van der Waals surface area (Å²) >= 11 is 3.03. The number of rotatable bonds is 6. The molecule has 2 aromatic heterocycles. The Bertz CT molecular complexity index is 602. The molecule has 0 aliphatic carbocycles. The van der Waals surface area contributed by atoms with Crippen LogP contribution in [-0.4, -0.2) is 31.4 Å². The third-order valence-corrected chi connectivity index (χ3v) is 5.31. The molecule has 114 valence electrons. The van der Waals surface area contributed by atoms with Crippen molar-refractivity contribution in [1.29, 1.82) is 0 Å². The van der Waals surface area contributed by atoms with Crippen LogP contribution >= 0.6 is 23.1 Å². The summed E-state index contributed by atoms with van der Waals surface area (Å²) in [4.78, 5) is 17.8. The lowest BCUT2D eigenvalue weighted by atomic mass is 10.2. The van der Waals surface area contributed by atoms with Gasteiger partial charge in [-0.15, -0.1) is 21.5 Å². The number of hydrogen-bond donors (Lipinski definition) is 1. The highest BCUT2D eigenvalue weighted by Gasteiger charge is 2.17. The predicted octanol–water partition coefficient (Wildman–Crippen LogP) is 2.25. The van der Waals surface area contributed by atoms with Gasteiger partial charge in [0.05, 0.1) is 17.5 Å². The third kappa shape index (κ3) is 4.04. The van der Waals surface area contributed by atoms with Gasteiger partial charge in [-0.3, -0.25) is 4.79 Å². The lowest BCUT2D eigenvalue weighted by molar-refractivity contribution is -0.119. The van der Waals surface area contributed by atoms with Crippen LogP contribution in [-0.2, 0) is 11.8 Å². The molecule has 0 saturated heterocycles. The van der Waals surface area contributed by atoms with Crippen LogP contribution in [0.1, 0.15) is 35.0 Å². The second kappa shape index (κ2) is 7.04. The molecule has 0 fully saturated rings. The zero-order valence-corrected chi connectivity index (χ0v) is 14.2. The Morgan fingerprint density at radius 1 is 1.52 bits per heavy atom. The Labute approximate surface area is 132 Å². The second-order valence-electron chi connectivity index (χ2n) is 4.74. The van der Waals surface area contributed by atoms with Crippen molar-refractivity contribution in [2.24, 2.45) is 7.05 Å². The highest BCUT2D eigenvalue weighted by molar-refractivity contribution is 7.99. The first-order valence-corrected chi connectivity index (χ1v) is 8.51. The summed E-state index contributed by atoms with van der Waals surface area (Å²) in [5.74, 6) is 0.312. The van der Waals surface area contributed by atoms with Crippen molar-refractivity contribution in [3.05, 3.63) is 21.9 Å². The zero-order valence-electron chi connectivity index (χ0n) is 12.6. The van der Waals surface area contributed by atoms with Crippen molar-refractivity contribution < 1.29 is 4.79 Å². The number of hydrogen-bond acceptors (Lipinski definition) is 6. The molecular formula is C13H19N5OS2. The molecule has 1 N–H and O–H groups in total. The maximum atomic E-state index is 12.1. The Morgan fingerprint density at radius 3 is 2.81 bits per heavy atom. The van der Waals surface area contributed by atoms with Gasteiger partial charge in [0, 0.05) is 11.9 Å². The maximum Gasteiger partial charge on any atom is 0.231 e. The first-order chi connectivity index (χ1) is 10.0. The fourth-order valence-electron chi connectivity index (χ4n) is 1.75. The molecule has 0 aliphatic heterocycles. The molecule has 0 aliphatic rings. The van der Waals surface area contributed by atoms with E-state index in [4.69, 9.17) is 0 Å². The van der Waals surface area contributed by atoms with Crippen molar-refractivity contribution in [2.45, 2.75) is 38.4 Å². The Hall–Kier alpha value is -1.41. The molecule has 0 bridgehead atoms. The van der Waals surface area contributed by atoms with E-state index in [2.05, 4.69) is 27.4 Å². The van der Waals surface area contributed by atoms with E-state index in [1.54, 1.807) is 22.2 Å². The molecule has 0 saturated carbocycles. The first-order valence-electron chi connectivity index (χ1n) is 6.71. The zero-order chi connectivity index (χ0) is 15.4. The number of carbonyl (C=O) groups is 1. The van der Waals surface area contributed by atoms with E-state index in [0.29, 0.717) is 5.75 Å². The summed E-state index contributed by atoms with van der Waals surface area (Å²) in [6.07, 6.45) is 2.45. The molecule has 0 spiro atoms. The van der Waals surface area contributed by atoms with Crippen LogP contribution in [0.5, 0.6) is 0 Å². The molecular weight excluding hydrogens is 306 g/mol. The van der Waals surface area contributed by atoms with E-state index in [-0.39, 0.29) is 11.9 Å². The topological polar surface area (TPSA) is 72.7 Å². The van der Waals surface area contributed by atoms with Gasteiger partial charge in [-0.2, -0.15) is 0 Å². The highest BCUT2D eigenvalue weighted by Crippen LogP contribution is 2.25. The molecule has 1 atom stereocenters. The number of amides is 1. The highest BCUT2D eigenvalue weighted by atomic mass is 32.2. The van der Waals surface area contributed by atoms with Gasteiger partial charge in [0.1, 0.15) is 11.3 Å². The molecule has 8 heteroatoms. The van der Waals surface area contributed by atoms with Gasteiger partial charge in [0.15, 0.2) is 5.16 Å². The Morgan fingerprint density at radius 2 is 2.29 bits per heavy atom. The summed E-state index contributed by atoms with van der Waals surface area (Å²) in [5, 5.41) is 12.5. The summed E-state index contributed by atoms with van der Waals surface area (Å²) in [7, 11) is 1.86. The number of aryl methyl sites for hydroxylation is 3. The molecule has 0 radical (unpaired) electrons. The average Bonchev–Trinajstić information content (AvgIpc) is 3.00. The smallest absolute Gasteiger partial charge is 0.231 e. The van der Waals surface area contributed by atoms with E-state index >= 15 is 0 Å². The standard InChI is InChI=1S/C13H19N5OS2/c1-5-10(12-15-8(2)9(3)21-12)16-11(19)6-20-13-17-14-7-18(13)4/h7,10H,5-6H2,1-4H3,(H,16,19)/t10-/m1/s1. The molecule has 6 nitrogen and oxygen atoms in total. The number of thioether (sulfide) groups is 1. The van der Waals surface area contributed by atoms with Gasteiger partial charge in [0.25, 0.3) is 0 Å². The molecule has 1 amide bonds. The van der Waals surface area contributed by atoms with Crippen molar-refractivity contribution in [1.82, 2.24) is 25.1 Å². The SMILES string of the molecule is CC[C@@H](NC(=O)CSc1nncn1C)c1nc(C)c(C)s1. The summed E-state index contributed by atoms with van der Waals surface area (Å²) < 4.78 is 1.79. The second-order valence-corrected chi connectivity index (χ2v) is 6.91. The normalized spacial score (nSPS) is 12.4. The molecule has 2 aromatic rings. The maximum absolute atomic E-state index is 12.1. The molecule has 2 heterocycles. The fraction of sp³-hybridized carbons (Fsp3) is 0.538. The molecule has 0 aromatic carbocycles. The quantitative estimate of drug-likeness (QED) is 0.825. The van der Waals surface area contributed by atoms with Crippen molar-refractivity contribution >= 4 is 29.0 Å². The van der Waals surface area contributed by atoms with Crippen molar-refractivity contribution in [2.75, 3.05) is 5.75 Å². The minimum Gasteiger partial charge on any atom is -0.346 e. The van der Waals surface area contributed by atoms with E-state index in [0.717, 1.165) is 22.3 Å². The number of nitrogens with one attached hydrogen (secondary N) is 1.